The number of benzene rings is 2. The molecule has 9 heteroatoms. The van der Waals surface area contributed by atoms with Crippen molar-refractivity contribution in [2.75, 3.05) is 5.75 Å². The second kappa shape index (κ2) is 7.85. The van der Waals surface area contributed by atoms with Crippen LogP contribution in [-0.4, -0.2) is 35.8 Å². The number of para-hydroxylation sites is 1. The van der Waals surface area contributed by atoms with Crippen LogP contribution in [0.4, 0.5) is 0 Å². The highest BCUT2D eigenvalue weighted by molar-refractivity contribution is 8.14. The number of hydrogen-bond donors (Lipinski definition) is 1. The Morgan fingerprint density at radius 2 is 1.90 bits per heavy atom. The molecule has 0 radical (unpaired) electrons. The molecular weight excluding hydrogens is 432 g/mol. The van der Waals surface area contributed by atoms with E-state index in [1.807, 2.05) is 0 Å². The normalized spacial score (nSPS) is 17.0. The minimum absolute atomic E-state index is 0.0401. The van der Waals surface area contributed by atoms with Crippen molar-refractivity contribution < 1.29 is 18.0 Å². The summed E-state index contributed by atoms with van der Waals surface area (Å²) in [6.45, 7) is -0.0783. The summed E-state index contributed by atoms with van der Waals surface area (Å²) < 4.78 is 27.9. The highest BCUT2D eigenvalue weighted by Gasteiger charge is 2.28. The molecule has 6 nitrogen and oxygen atoms in total. The van der Waals surface area contributed by atoms with Crippen molar-refractivity contribution in [3.05, 3.63) is 59.8 Å². The van der Waals surface area contributed by atoms with Crippen LogP contribution in [0.25, 0.3) is 10.9 Å². The summed E-state index contributed by atoms with van der Waals surface area (Å²) >= 11 is 7.09. The predicted molar refractivity (Wildman–Crippen MR) is 113 cm³/mol. The molecule has 2 aromatic carbocycles. The van der Waals surface area contributed by atoms with Gasteiger partial charge in [0.25, 0.3) is 0 Å². The average molecular weight is 449 g/mol. The summed E-state index contributed by atoms with van der Waals surface area (Å²) in [4.78, 5) is 24.5. The number of fused-ring (bicyclic) bond motifs is 1. The lowest BCUT2D eigenvalue weighted by Gasteiger charge is -2.11. The Balaban J connectivity index is 1.69. The Morgan fingerprint density at radius 1 is 1.17 bits per heavy atom. The number of amides is 1. The maximum absolute atomic E-state index is 13.2. The lowest BCUT2D eigenvalue weighted by molar-refractivity contribution is -0.124. The minimum atomic E-state index is -3.80. The van der Waals surface area contributed by atoms with Gasteiger partial charge in [0, 0.05) is 27.9 Å². The topological polar surface area (TPSA) is 85.2 Å². The van der Waals surface area contributed by atoms with Crippen molar-refractivity contribution in [3.8, 4) is 0 Å². The van der Waals surface area contributed by atoms with E-state index in [1.54, 1.807) is 28.8 Å². The molecule has 1 saturated heterocycles. The molecule has 4 rings (SSSR count). The summed E-state index contributed by atoms with van der Waals surface area (Å²) in [5.74, 6) is 0.363. The molecule has 150 valence electrons. The van der Waals surface area contributed by atoms with Crippen LogP contribution in [0.5, 0.6) is 0 Å². The van der Waals surface area contributed by atoms with Gasteiger partial charge < -0.3 is 9.88 Å². The van der Waals surface area contributed by atoms with Gasteiger partial charge in [-0.1, -0.05) is 41.6 Å². The number of thioether (sulfide) groups is 1. The zero-order chi connectivity index (χ0) is 20.6. The molecule has 0 bridgehead atoms. The van der Waals surface area contributed by atoms with E-state index in [0.29, 0.717) is 28.1 Å². The molecule has 0 saturated carbocycles. The van der Waals surface area contributed by atoms with Crippen LogP contribution < -0.4 is 5.32 Å². The lowest BCUT2D eigenvalue weighted by Crippen LogP contribution is -2.38. The molecule has 29 heavy (non-hydrogen) atoms. The molecule has 1 amide bonds. The fourth-order valence-electron chi connectivity index (χ4n) is 3.32. The number of hydrogen-bond acceptors (Lipinski definition) is 5. The smallest absolute Gasteiger partial charge is 0.240 e. The van der Waals surface area contributed by atoms with Crippen LogP contribution in [-0.2, 0) is 26.0 Å². The maximum atomic E-state index is 13.2. The molecule has 0 aliphatic carbocycles. The van der Waals surface area contributed by atoms with Crippen LogP contribution in [0.15, 0.2) is 64.5 Å². The van der Waals surface area contributed by atoms with E-state index in [4.69, 9.17) is 11.6 Å². The second-order valence-corrected chi connectivity index (χ2v) is 10.1. The first kappa shape index (κ1) is 20.0. The minimum Gasteiger partial charge on any atom is -0.344 e. The summed E-state index contributed by atoms with van der Waals surface area (Å²) in [6, 6.07) is 12.5. The van der Waals surface area contributed by atoms with Crippen LogP contribution in [0, 0.1) is 0 Å². The molecule has 1 unspecified atom stereocenters. The largest absolute Gasteiger partial charge is 0.344 e. The molecule has 1 aromatic heterocycles. The van der Waals surface area contributed by atoms with E-state index in [-0.39, 0.29) is 27.4 Å². The number of carbonyl (C=O) groups excluding carboxylic acids is 2. The van der Waals surface area contributed by atoms with Crippen molar-refractivity contribution in [1.29, 1.82) is 0 Å². The van der Waals surface area contributed by atoms with E-state index >= 15 is 0 Å². The summed E-state index contributed by atoms with van der Waals surface area (Å²) in [7, 11) is -3.80. The molecule has 0 spiro atoms. The Labute approximate surface area is 177 Å². The van der Waals surface area contributed by atoms with Gasteiger partial charge in [-0.3, -0.25) is 9.59 Å². The quantitative estimate of drug-likeness (QED) is 0.647. The van der Waals surface area contributed by atoms with E-state index in [1.165, 1.54) is 42.2 Å². The molecule has 1 aliphatic rings. The van der Waals surface area contributed by atoms with Gasteiger partial charge in [-0.05, 0) is 36.8 Å². The number of aromatic nitrogens is 1. The second-order valence-electron chi connectivity index (χ2n) is 6.67. The number of nitrogens with one attached hydrogen (secondary N) is 1. The van der Waals surface area contributed by atoms with Gasteiger partial charge in [0.05, 0.1) is 15.8 Å². The maximum Gasteiger partial charge on any atom is 0.240 e. The third-order valence-corrected chi connectivity index (χ3v) is 7.81. The first-order valence-corrected chi connectivity index (χ1v) is 11.8. The molecule has 2 heterocycles. The van der Waals surface area contributed by atoms with Crippen LogP contribution in [0.2, 0.25) is 5.02 Å². The van der Waals surface area contributed by atoms with Crippen molar-refractivity contribution in [3.63, 3.8) is 0 Å². The van der Waals surface area contributed by atoms with Gasteiger partial charge in [0.1, 0.15) is 6.54 Å². The van der Waals surface area contributed by atoms with Crippen LogP contribution >= 0.6 is 23.4 Å². The molecule has 3 aromatic rings. The van der Waals surface area contributed by atoms with Crippen molar-refractivity contribution in [2.45, 2.75) is 28.8 Å². The lowest BCUT2D eigenvalue weighted by atomic mass is 10.2. The Bertz CT molecular complexity index is 1200. The standard InChI is InChI=1S/C20H17ClN2O4S2/c21-13-5-7-14(8-6-13)29(26,27)18-11-23(17-4-2-1-3-15(17)18)12-19(24)22-16-9-10-28-20(16)25/h1-8,11,16H,9-10,12H2,(H,22,24). The van der Waals surface area contributed by atoms with E-state index < -0.39 is 15.9 Å². The van der Waals surface area contributed by atoms with Gasteiger partial charge in [0.2, 0.25) is 20.9 Å². The molecular formula is C20H17ClN2O4S2. The molecule has 1 N–H and O–H groups in total. The molecule has 1 fully saturated rings. The average Bonchev–Trinajstić information content (AvgIpc) is 3.26. The fraction of sp³-hybridized carbons (Fsp3) is 0.200. The van der Waals surface area contributed by atoms with Crippen molar-refractivity contribution >= 4 is 55.1 Å². The van der Waals surface area contributed by atoms with E-state index in [9.17, 15) is 18.0 Å². The Kier molecular flexibility index (Phi) is 5.42. The van der Waals surface area contributed by atoms with Crippen molar-refractivity contribution in [2.24, 2.45) is 0 Å². The van der Waals surface area contributed by atoms with Gasteiger partial charge >= 0.3 is 0 Å². The van der Waals surface area contributed by atoms with Gasteiger partial charge in [-0.25, -0.2) is 8.42 Å². The summed E-state index contributed by atoms with van der Waals surface area (Å²) in [5.41, 5.74) is 0.627. The number of halogens is 1. The Hall–Kier alpha value is -2.29. The first-order chi connectivity index (χ1) is 13.9. The van der Waals surface area contributed by atoms with E-state index in [0.717, 1.165) is 0 Å². The van der Waals surface area contributed by atoms with Crippen LogP contribution in [0.1, 0.15) is 6.42 Å². The molecule has 1 aliphatic heterocycles. The zero-order valence-corrected chi connectivity index (χ0v) is 17.6. The number of carbonyl (C=O) groups is 2. The van der Waals surface area contributed by atoms with Crippen LogP contribution in [0.3, 0.4) is 0 Å². The third kappa shape index (κ3) is 3.92. The predicted octanol–water partition coefficient (Wildman–Crippen LogP) is 3.28. The SMILES string of the molecule is O=C(Cn1cc(S(=O)(=O)c2ccc(Cl)cc2)c2ccccc21)NC1CCSC1=O. The van der Waals surface area contributed by atoms with Gasteiger partial charge in [-0.2, -0.15) is 0 Å². The van der Waals surface area contributed by atoms with Gasteiger partial charge in [-0.15, -0.1) is 0 Å². The number of rotatable bonds is 5. The Morgan fingerprint density at radius 3 is 2.59 bits per heavy atom. The third-order valence-electron chi connectivity index (χ3n) is 4.75. The monoisotopic (exact) mass is 448 g/mol. The fourth-order valence-corrected chi connectivity index (χ4v) is 5.86. The summed E-state index contributed by atoms with van der Waals surface area (Å²) in [5, 5.41) is 3.67. The molecule has 1 atom stereocenters. The van der Waals surface area contributed by atoms with Gasteiger partial charge in [0.15, 0.2) is 0 Å². The zero-order valence-electron chi connectivity index (χ0n) is 15.2. The summed E-state index contributed by atoms with van der Waals surface area (Å²) in [6.07, 6.45) is 2.08. The number of sulfone groups is 1. The van der Waals surface area contributed by atoms with E-state index in [2.05, 4.69) is 5.32 Å². The first-order valence-electron chi connectivity index (χ1n) is 8.91. The highest BCUT2D eigenvalue weighted by Crippen LogP contribution is 2.30. The van der Waals surface area contributed by atoms with Crippen molar-refractivity contribution in [1.82, 2.24) is 9.88 Å². The number of nitrogens with zero attached hydrogens (tertiary/aromatic N) is 1. The highest BCUT2D eigenvalue weighted by atomic mass is 35.5.